The number of nitrogens with zero attached hydrogens (tertiary/aromatic N) is 2. The van der Waals surface area contributed by atoms with Crippen LogP contribution in [0.3, 0.4) is 0 Å². The molecule has 1 aliphatic rings. The lowest BCUT2D eigenvalue weighted by Gasteiger charge is -2.16. The first-order valence-electron chi connectivity index (χ1n) is 6.90. The summed E-state index contributed by atoms with van der Waals surface area (Å²) in [6.07, 6.45) is 1.99. The van der Waals surface area contributed by atoms with E-state index in [-0.39, 0.29) is 18.2 Å². The van der Waals surface area contributed by atoms with Crippen LogP contribution in [-0.2, 0) is 16.0 Å². The van der Waals surface area contributed by atoms with E-state index in [0.717, 1.165) is 17.7 Å². The lowest BCUT2D eigenvalue weighted by atomic mass is 10.2. The van der Waals surface area contributed by atoms with Crippen LogP contribution in [0, 0.1) is 5.21 Å². The van der Waals surface area contributed by atoms with Crippen LogP contribution in [0.5, 0.6) is 0 Å². The van der Waals surface area contributed by atoms with Crippen LogP contribution < -0.4 is 9.63 Å². The van der Waals surface area contributed by atoms with Crippen molar-refractivity contribution in [1.82, 2.24) is 0 Å². The zero-order valence-corrected chi connectivity index (χ0v) is 11.8. The number of rotatable bonds is 3. The second kappa shape index (κ2) is 5.85. The summed E-state index contributed by atoms with van der Waals surface area (Å²) in [7, 11) is 0. The third-order valence-corrected chi connectivity index (χ3v) is 3.55. The molecule has 1 aromatic carbocycles. The first-order chi connectivity index (χ1) is 10.7. The minimum atomic E-state index is -0.809. The molecule has 0 spiro atoms. The van der Waals surface area contributed by atoms with Crippen LogP contribution in [-0.4, -0.2) is 25.0 Å². The van der Waals surface area contributed by atoms with E-state index < -0.39 is 5.97 Å². The van der Waals surface area contributed by atoms with Gasteiger partial charge in [-0.3, -0.25) is 4.79 Å². The fourth-order valence-corrected chi connectivity index (χ4v) is 2.46. The number of fused-ring (bicyclic) bond motifs is 1. The van der Waals surface area contributed by atoms with Crippen LogP contribution in [0.4, 0.5) is 5.69 Å². The highest BCUT2D eigenvalue weighted by molar-refractivity contribution is 5.98. The van der Waals surface area contributed by atoms with E-state index in [4.69, 9.17) is 4.74 Å². The first-order valence-corrected chi connectivity index (χ1v) is 6.90. The molecule has 0 atom stereocenters. The van der Waals surface area contributed by atoms with Crippen molar-refractivity contribution < 1.29 is 19.1 Å². The highest BCUT2D eigenvalue weighted by Gasteiger charge is 2.26. The standard InChI is InChI=1S/C16H14N2O4/c19-15(17-10-8-12-5-1-2-6-13(12)17)11-22-16(20)14-7-3-4-9-18(14)21/h1-7,9H,8,10-11H2. The summed E-state index contributed by atoms with van der Waals surface area (Å²) >= 11 is 0. The molecule has 22 heavy (non-hydrogen) atoms. The Labute approximate surface area is 127 Å². The van der Waals surface area contributed by atoms with Crippen molar-refractivity contribution in [3.63, 3.8) is 0 Å². The zero-order valence-electron chi connectivity index (χ0n) is 11.8. The highest BCUT2D eigenvalue weighted by Crippen LogP contribution is 2.27. The van der Waals surface area contributed by atoms with Crippen molar-refractivity contribution in [3.05, 3.63) is 65.1 Å². The summed E-state index contributed by atoms with van der Waals surface area (Å²) in [6, 6.07) is 12.0. The fraction of sp³-hybridized carbons (Fsp3) is 0.188. The van der Waals surface area contributed by atoms with Gasteiger partial charge in [0, 0.05) is 24.4 Å². The van der Waals surface area contributed by atoms with Gasteiger partial charge in [-0.25, -0.2) is 4.79 Å². The van der Waals surface area contributed by atoms with E-state index in [1.54, 1.807) is 11.0 Å². The molecule has 112 valence electrons. The Morgan fingerprint density at radius 1 is 1.18 bits per heavy atom. The maximum atomic E-state index is 12.2. The normalized spacial score (nSPS) is 12.8. The summed E-state index contributed by atoms with van der Waals surface area (Å²) < 4.78 is 5.36. The molecule has 0 radical (unpaired) electrons. The molecule has 1 amide bonds. The number of para-hydroxylation sites is 1. The summed E-state index contributed by atoms with van der Waals surface area (Å²) in [6.45, 7) is 0.185. The average Bonchev–Trinajstić information content (AvgIpc) is 2.97. The topological polar surface area (TPSA) is 73.6 Å². The molecule has 0 unspecified atom stereocenters. The van der Waals surface area contributed by atoms with Crippen molar-refractivity contribution >= 4 is 17.6 Å². The minimum Gasteiger partial charge on any atom is -0.618 e. The van der Waals surface area contributed by atoms with Gasteiger partial charge in [0.2, 0.25) is 0 Å². The van der Waals surface area contributed by atoms with Crippen molar-refractivity contribution in [2.75, 3.05) is 18.1 Å². The van der Waals surface area contributed by atoms with Gasteiger partial charge in [-0.15, -0.1) is 0 Å². The Kier molecular flexibility index (Phi) is 3.74. The molecule has 6 heteroatoms. The molecule has 2 aromatic rings. The molecule has 1 aliphatic heterocycles. The second-order valence-corrected chi connectivity index (χ2v) is 4.91. The van der Waals surface area contributed by atoms with Crippen LogP contribution in [0.25, 0.3) is 0 Å². The van der Waals surface area contributed by atoms with Crippen LogP contribution >= 0.6 is 0 Å². The number of aromatic nitrogens is 1. The molecule has 1 aromatic heterocycles. The summed E-state index contributed by atoms with van der Waals surface area (Å²) in [4.78, 5) is 25.6. The van der Waals surface area contributed by atoms with Gasteiger partial charge in [0.05, 0.1) is 0 Å². The number of esters is 1. The maximum Gasteiger partial charge on any atom is 0.405 e. The van der Waals surface area contributed by atoms with E-state index in [2.05, 4.69) is 0 Å². The Balaban J connectivity index is 1.64. The molecular weight excluding hydrogens is 284 g/mol. The number of carbonyl (C=O) groups is 2. The van der Waals surface area contributed by atoms with Gasteiger partial charge < -0.3 is 14.8 Å². The van der Waals surface area contributed by atoms with E-state index >= 15 is 0 Å². The SMILES string of the molecule is O=C(OCC(=O)N1CCc2ccccc21)c1cccc[n+]1[O-]. The summed E-state index contributed by atoms with van der Waals surface area (Å²) in [5.41, 5.74) is 1.81. The monoisotopic (exact) mass is 298 g/mol. The van der Waals surface area contributed by atoms with Crippen LogP contribution in [0.1, 0.15) is 16.1 Å². The van der Waals surface area contributed by atoms with Gasteiger partial charge in [-0.1, -0.05) is 18.2 Å². The van der Waals surface area contributed by atoms with Gasteiger partial charge in [0.25, 0.3) is 5.91 Å². The van der Waals surface area contributed by atoms with Gasteiger partial charge in [-0.2, -0.15) is 4.73 Å². The largest absolute Gasteiger partial charge is 0.618 e. The number of carbonyl (C=O) groups excluding carboxylic acids is 2. The Morgan fingerprint density at radius 3 is 2.77 bits per heavy atom. The van der Waals surface area contributed by atoms with Crippen molar-refractivity contribution in [1.29, 1.82) is 0 Å². The van der Waals surface area contributed by atoms with Crippen molar-refractivity contribution in [2.45, 2.75) is 6.42 Å². The lowest BCUT2D eigenvalue weighted by molar-refractivity contribution is -0.608. The van der Waals surface area contributed by atoms with Gasteiger partial charge >= 0.3 is 11.7 Å². The van der Waals surface area contributed by atoms with Crippen molar-refractivity contribution in [2.24, 2.45) is 0 Å². The van der Waals surface area contributed by atoms with Crippen molar-refractivity contribution in [3.8, 4) is 0 Å². The molecule has 0 N–H and O–H groups in total. The van der Waals surface area contributed by atoms with Gasteiger partial charge in [0.15, 0.2) is 12.8 Å². The molecular formula is C16H14N2O4. The van der Waals surface area contributed by atoms with E-state index in [1.807, 2.05) is 24.3 Å². The molecule has 0 bridgehead atoms. The molecule has 3 rings (SSSR count). The summed E-state index contributed by atoms with van der Waals surface area (Å²) in [5, 5.41) is 11.4. The number of hydrogen-bond donors (Lipinski definition) is 0. The zero-order chi connectivity index (χ0) is 15.5. The smallest absolute Gasteiger partial charge is 0.405 e. The molecule has 6 nitrogen and oxygen atoms in total. The molecule has 0 saturated heterocycles. The predicted octanol–water partition coefficient (Wildman–Crippen LogP) is 1.07. The van der Waals surface area contributed by atoms with Crippen LogP contribution in [0.2, 0.25) is 0 Å². The van der Waals surface area contributed by atoms with E-state index in [1.165, 1.54) is 18.3 Å². The maximum absolute atomic E-state index is 12.2. The third kappa shape index (κ3) is 2.63. The molecule has 2 heterocycles. The fourth-order valence-electron chi connectivity index (χ4n) is 2.46. The Bertz CT molecular complexity index is 730. The average molecular weight is 298 g/mol. The Hall–Kier alpha value is -2.89. The molecule has 0 aliphatic carbocycles. The van der Waals surface area contributed by atoms with Crippen LogP contribution in [0.15, 0.2) is 48.7 Å². The predicted molar refractivity (Wildman–Crippen MR) is 78.2 cm³/mol. The number of benzene rings is 1. The number of amides is 1. The highest BCUT2D eigenvalue weighted by atomic mass is 16.5. The summed E-state index contributed by atoms with van der Waals surface area (Å²) in [5.74, 6) is -1.11. The third-order valence-electron chi connectivity index (χ3n) is 3.55. The number of hydrogen-bond acceptors (Lipinski definition) is 4. The minimum absolute atomic E-state index is 0.142. The number of ether oxygens (including phenoxy) is 1. The van der Waals surface area contributed by atoms with E-state index in [0.29, 0.717) is 11.3 Å². The molecule has 0 saturated carbocycles. The number of pyridine rings is 1. The first kappa shape index (κ1) is 14.1. The number of anilines is 1. The Morgan fingerprint density at radius 2 is 1.95 bits per heavy atom. The lowest BCUT2D eigenvalue weighted by Crippen LogP contribution is -2.37. The van der Waals surface area contributed by atoms with Gasteiger partial charge in [-0.05, 0) is 24.1 Å². The quantitative estimate of drug-likeness (QED) is 0.482. The van der Waals surface area contributed by atoms with Gasteiger partial charge in [0.1, 0.15) is 0 Å². The van der Waals surface area contributed by atoms with E-state index in [9.17, 15) is 14.8 Å². The second-order valence-electron chi connectivity index (χ2n) is 4.91. The molecule has 0 fully saturated rings.